The molecule has 2 aromatic carbocycles. The maximum absolute atomic E-state index is 12.5. The first-order valence-electron chi connectivity index (χ1n) is 11.1. The van der Waals surface area contributed by atoms with E-state index < -0.39 is 10.0 Å². The Balaban J connectivity index is 2.09. The van der Waals surface area contributed by atoms with Crippen molar-refractivity contribution in [2.75, 3.05) is 17.1 Å². The summed E-state index contributed by atoms with van der Waals surface area (Å²) in [6.45, 7) is 9.14. The monoisotopic (exact) mass is 444 g/mol. The van der Waals surface area contributed by atoms with Crippen molar-refractivity contribution in [2.45, 2.75) is 59.9 Å². The Hall–Kier alpha value is -2.34. The SMILES string of the molecule is CCCC[C@H](CC)CNC(=O)c1ccc(CN(c2ccc(C)cc2C)S(C)(=O)=O)cc1. The molecule has 1 amide bonds. The van der Waals surface area contributed by atoms with Crippen LogP contribution >= 0.6 is 0 Å². The number of amides is 1. The molecular weight excluding hydrogens is 408 g/mol. The minimum Gasteiger partial charge on any atom is -0.352 e. The van der Waals surface area contributed by atoms with Gasteiger partial charge in [-0.2, -0.15) is 0 Å². The van der Waals surface area contributed by atoms with E-state index in [9.17, 15) is 13.2 Å². The molecule has 1 atom stereocenters. The van der Waals surface area contributed by atoms with Crippen LogP contribution in [0.3, 0.4) is 0 Å². The number of rotatable bonds is 11. The average molecular weight is 445 g/mol. The number of anilines is 1. The molecule has 0 spiro atoms. The zero-order valence-corrected chi connectivity index (χ0v) is 20.3. The quantitative estimate of drug-likeness (QED) is 0.517. The van der Waals surface area contributed by atoms with Crippen molar-refractivity contribution in [2.24, 2.45) is 5.92 Å². The molecule has 0 aliphatic rings. The second-order valence-corrected chi connectivity index (χ2v) is 10.3. The smallest absolute Gasteiger partial charge is 0.251 e. The number of sulfonamides is 1. The van der Waals surface area contributed by atoms with Gasteiger partial charge in [-0.25, -0.2) is 8.42 Å². The Morgan fingerprint density at radius 3 is 2.29 bits per heavy atom. The van der Waals surface area contributed by atoms with E-state index in [-0.39, 0.29) is 12.5 Å². The average Bonchev–Trinajstić information content (AvgIpc) is 2.72. The van der Waals surface area contributed by atoms with Crippen LogP contribution in [0.4, 0.5) is 5.69 Å². The molecule has 2 aromatic rings. The molecule has 6 heteroatoms. The van der Waals surface area contributed by atoms with Crippen LogP contribution in [0.25, 0.3) is 0 Å². The Labute approximate surface area is 187 Å². The molecule has 31 heavy (non-hydrogen) atoms. The summed E-state index contributed by atoms with van der Waals surface area (Å²) in [4.78, 5) is 12.5. The highest BCUT2D eigenvalue weighted by Crippen LogP contribution is 2.25. The number of unbranched alkanes of at least 4 members (excludes halogenated alkanes) is 1. The van der Waals surface area contributed by atoms with Crippen molar-refractivity contribution in [3.63, 3.8) is 0 Å². The third kappa shape index (κ3) is 7.39. The number of hydrogen-bond acceptors (Lipinski definition) is 3. The summed E-state index contributed by atoms with van der Waals surface area (Å²) in [5, 5.41) is 3.04. The molecule has 0 aliphatic carbocycles. The normalized spacial score (nSPS) is 12.4. The van der Waals surface area contributed by atoms with E-state index in [0.717, 1.165) is 29.5 Å². The van der Waals surface area contributed by atoms with Crippen molar-refractivity contribution in [3.05, 3.63) is 64.7 Å². The highest BCUT2D eigenvalue weighted by molar-refractivity contribution is 7.92. The zero-order valence-electron chi connectivity index (χ0n) is 19.4. The molecular formula is C25H36N2O3S. The molecule has 0 aliphatic heterocycles. The van der Waals surface area contributed by atoms with E-state index in [1.807, 2.05) is 44.2 Å². The molecule has 0 radical (unpaired) electrons. The van der Waals surface area contributed by atoms with E-state index in [0.29, 0.717) is 23.7 Å². The number of carbonyl (C=O) groups is 1. The topological polar surface area (TPSA) is 66.5 Å². The van der Waals surface area contributed by atoms with Gasteiger partial charge in [-0.1, -0.05) is 62.9 Å². The molecule has 170 valence electrons. The Kier molecular flexibility index (Phi) is 9.11. The summed E-state index contributed by atoms with van der Waals surface area (Å²) in [7, 11) is -3.45. The first-order valence-corrected chi connectivity index (χ1v) is 12.9. The number of carbonyl (C=O) groups excluding carboxylic acids is 1. The predicted molar refractivity (Wildman–Crippen MR) is 129 cm³/mol. The zero-order chi connectivity index (χ0) is 23.0. The van der Waals surface area contributed by atoms with Gasteiger partial charge in [0.15, 0.2) is 0 Å². The largest absolute Gasteiger partial charge is 0.352 e. The highest BCUT2D eigenvalue weighted by Gasteiger charge is 2.20. The van der Waals surface area contributed by atoms with Gasteiger partial charge in [0.2, 0.25) is 10.0 Å². The third-order valence-electron chi connectivity index (χ3n) is 5.66. The van der Waals surface area contributed by atoms with Crippen LogP contribution < -0.4 is 9.62 Å². The fraction of sp³-hybridized carbons (Fsp3) is 0.480. The number of aryl methyl sites for hydroxylation is 2. The Morgan fingerprint density at radius 1 is 1.06 bits per heavy atom. The molecule has 5 nitrogen and oxygen atoms in total. The molecule has 1 N–H and O–H groups in total. The molecule has 0 bridgehead atoms. The first kappa shape index (κ1) is 24.9. The Morgan fingerprint density at radius 2 is 1.74 bits per heavy atom. The van der Waals surface area contributed by atoms with Gasteiger partial charge in [-0.3, -0.25) is 9.10 Å². The van der Waals surface area contributed by atoms with Crippen LogP contribution in [0.1, 0.15) is 66.6 Å². The van der Waals surface area contributed by atoms with E-state index in [1.165, 1.54) is 23.4 Å². The molecule has 0 saturated carbocycles. The van der Waals surface area contributed by atoms with Crippen LogP contribution in [0.2, 0.25) is 0 Å². The van der Waals surface area contributed by atoms with Crippen molar-refractivity contribution in [1.29, 1.82) is 0 Å². The molecule has 0 aromatic heterocycles. The van der Waals surface area contributed by atoms with E-state index in [1.54, 1.807) is 12.1 Å². The van der Waals surface area contributed by atoms with Crippen molar-refractivity contribution >= 4 is 21.6 Å². The van der Waals surface area contributed by atoms with Gasteiger partial charge >= 0.3 is 0 Å². The number of nitrogens with zero attached hydrogens (tertiary/aromatic N) is 1. The summed E-state index contributed by atoms with van der Waals surface area (Å²) in [5.74, 6) is 0.417. The van der Waals surface area contributed by atoms with E-state index >= 15 is 0 Å². The van der Waals surface area contributed by atoms with Crippen LogP contribution in [-0.2, 0) is 16.6 Å². The molecule has 0 fully saturated rings. The number of nitrogens with one attached hydrogen (secondary N) is 1. The lowest BCUT2D eigenvalue weighted by molar-refractivity contribution is 0.0946. The van der Waals surface area contributed by atoms with Gasteiger partial charge in [0.25, 0.3) is 5.91 Å². The van der Waals surface area contributed by atoms with Gasteiger partial charge in [-0.05, 0) is 55.5 Å². The maximum atomic E-state index is 12.5. The minimum atomic E-state index is -3.45. The fourth-order valence-electron chi connectivity index (χ4n) is 3.68. The van der Waals surface area contributed by atoms with Crippen LogP contribution in [0.5, 0.6) is 0 Å². The number of hydrogen-bond donors (Lipinski definition) is 1. The van der Waals surface area contributed by atoms with E-state index in [4.69, 9.17) is 0 Å². The lowest BCUT2D eigenvalue weighted by atomic mass is 9.99. The summed E-state index contributed by atoms with van der Waals surface area (Å²) < 4.78 is 26.3. The minimum absolute atomic E-state index is 0.0872. The molecule has 0 heterocycles. The first-order chi connectivity index (χ1) is 14.7. The third-order valence-corrected chi connectivity index (χ3v) is 6.78. The summed E-state index contributed by atoms with van der Waals surface area (Å²) in [6.07, 6.45) is 5.75. The van der Waals surface area contributed by atoms with Gasteiger partial charge in [-0.15, -0.1) is 0 Å². The lowest BCUT2D eigenvalue weighted by Gasteiger charge is -2.24. The fourth-order valence-corrected chi connectivity index (χ4v) is 4.62. The second-order valence-electron chi connectivity index (χ2n) is 8.38. The van der Waals surface area contributed by atoms with Crippen molar-refractivity contribution < 1.29 is 13.2 Å². The van der Waals surface area contributed by atoms with Gasteiger partial charge in [0.05, 0.1) is 18.5 Å². The Bertz CT molecular complexity index is 969. The lowest BCUT2D eigenvalue weighted by Crippen LogP contribution is -2.30. The summed E-state index contributed by atoms with van der Waals surface area (Å²) in [5.41, 5.74) is 4.09. The van der Waals surface area contributed by atoms with Crippen LogP contribution in [-0.4, -0.2) is 27.1 Å². The van der Waals surface area contributed by atoms with Crippen molar-refractivity contribution in [1.82, 2.24) is 5.32 Å². The van der Waals surface area contributed by atoms with Gasteiger partial charge in [0, 0.05) is 12.1 Å². The number of benzene rings is 2. The van der Waals surface area contributed by atoms with Gasteiger partial charge < -0.3 is 5.32 Å². The van der Waals surface area contributed by atoms with Gasteiger partial charge in [0.1, 0.15) is 0 Å². The second kappa shape index (κ2) is 11.3. The van der Waals surface area contributed by atoms with Crippen LogP contribution in [0, 0.1) is 19.8 Å². The standard InChI is InChI=1S/C25H36N2O3S/c1-6-8-9-21(7-2)17-26-25(28)23-13-11-22(12-14-23)18-27(31(5,29)30)24-15-10-19(3)16-20(24)4/h10-16,21H,6-9,17-18H2,1-5H3,(H,26,28)/t21-/m0/s1. The summed E-state index contributed by atoms with van der Waals surface area (Å²) in [6, 6.07) is 12.9. The van der Waals surface area contributed by atoms with Crippen LogP contribution in [0.15, 0.2) is 42.5 Å². The highest BCUT2D eigenvalue weighted by atomic mass is 32.2. The maximum Gasteiger partial charge on any atom is 0.251 e. The predicted octanol–water partition coefficient (Wildman–Crippen LogP) is 5.22. The molecule has 0 saturated heterocycles. The summed E-state index contributed by atoms with van der Waals surface area (Å²) >= 11 is 0. The molecule has 0 unspecified atom stereocenters. The van der Waals surface area contributed by atoms with E-state index in [2.05, 4.69) is 19.2 Å². The van der Waals surface area contributed by atoms with Crippen molar-refractivity contribution in [3.8, 4) is 0 Å². The molecule has 2 rings (SSSR count).